The van der Waals surface area contributed by atoms with Crippen LogP contribution in [0.25, 0.3) is 0 Å². The van der Waals surface area contributed by atoms with Gasteiger partial charge >= 0.3 is 0 Å². The smallest absolute Gasteiger partial charge is 0.0887 e. The maximum atomic E-state index is 6.13. The van der Waals surface area contributed by atoms with E-state index in [1.54, 1.807) is 11.3 Å². The monoisotopic (exact) mass is 365 g/mol. The van der Waals surface area contributed by atoms with E-state index in [0.29, 0.717) is 6.04 Å². The molecule has 0 amide bonds. The summed E-state index contributed by atoms with van der Waals surface area (Å²) in [6, 6.07) is 2.56. The minimum Gasteiger partial charge on any atom is -0.310 e. The molecule has 1 rings (SSSR count). The molecule has 0 aromatic carbocycles. The van der Waals surface area contributed by atoms with Gasteiger partial charge in [0.15, 0.2) is 0 Å². The summed E-state index contributed by atoms with van der Waals surface area (Å²) in [5, 5.41) is 4.41. The Bertz CT molecular complexity index is 334. The Morgan fingerprint density at radius 3 is 2.47 bits per heavy atom. The molecule has 0 aliphatic heterocycles. The van der Waals surface area contributed by atoms with Crippen LogP contribution >= 0.6 is 38.9 Å². The number of hydrogen-bond donors (Lipinski definition) is 1. The average molecular weight is 367 g/mol. The number of rotatable bonds is 10. The second-order valence-corrected chi connectivity index (χ2v) is 7.75. The molecule has 1 atom stereocenters. The highest BCUT2D eigenvalue weighted by Crippen LogP contribution is 2.36. The van der Waals surface area contributed by atoms with Crippen molar-refractivity contribution in [2.24, 2.45) is 0 Å². The Hall–Kier alpha value is 0.430. The van der Waals surface area contributed by atoms with Crippen molar-refractivity contribution < 1.29 is 0 Å². The molecule has 1 nitrogen and oxygen atoms in total. The summed E-state index contributed by atoms with van der Waals surface area (Å²) >= 11 is 11.4. The molecule has 0 aliphatic rings. The molecule has 1 N–H and O–H groups in total. The Morgan fingerprint density at radius 1 is 1.21 bits per heavy atom. The minimum atomic E-state index is 0.463. The Balaban J connectivity index is 2.36. The third-order valence-electron chi connectivity index (χ3n) is 3.30. The van der Waals surface area contributed by atoms with Crippen molar-refractivity contribution in [1.29, 1.82) is 0 Å². The van der Waals surface area contributed by atoms with Gasteiger partial charge in [-0.15, -0.1) is 11.3 Å². The molecule has 0 radical (unpaired) electrons. The van der Waals surface area contributed by atoms with E-state index >= 15 is 0 Å². The lowest BCUT2D eigenvalue weighted by Crippen LogP contribution is -2.19. The lowest BCUT2D eigenvalue weighted by atomic mass is 10.0. The highest BCUT2D eigenvalue weighted by molar-refractivity contribution is 9.11. The Labute approximate surface area is 135 Å². The van der Waals surface area contributed by atoms with Crippen molar-refractivity contribution in [1.82, 2.24) is 5.32 Å². The van der Waals surface area contributed by atoms with Gasteiger partial charge in [0.1, 0.15) is 0 Å². The molecular weight excluding hydrogens is 342 g/mol. The van der Waals surface area contributed by atoms with Crippen molar-refractivity contribution in [3.05, 3.63) is 19.8 Å². The van der Waals surface area contributed by atoms with Gasteiger partial charge in [-0.25, -0.2) is 0 Å². The highest BCUT2D eigenvalue weighted by atomic mass is 79.9. The van der Waals surface area contributed by atoms with Crippen LogP contribution < -0.4 is 5.32 Å². The zero-order valence-electron chi connectivity index (χ0n) is 12.0. The number of thiophene rings is 1. The van der Waals surface area contributed by atoms with Crippen LogP contribution in [0.4, 0.5) is 0 Å². The van der Waals surface area contributed by atoms with Crippen molar-refractivity contribution in [3.8, 4) is 0 Å². The van der Waals surface area contributed by atoms with Gasteiger partial charge in [0.25, 0.3) is 0 Å². The summed E-state index contributed by atoms with van der Waals surface area (Å²) in [5.41, 5.74) is 0. The van der Waals surface area contributed by atoms with Gasteiger partial charge in [0, 0.05) is 10.9 Å². The zero-order chi connectivity index (χ0) is 14.1. The summed E-state index contributed by atoms with van der Waals surface area (Å²) in [6.45, 7) is 5.44. The average Bonchev–Trinajstić information content (AvgIpc) is 2.72. The molecule has 0 bridgehead atoms. The molecule has 110 valence electrons. The zero-order valence-corrected chi connectivity index (χ0v) is 15.1. The molecule has 0 saturated carbocycles. The van der Waals surface area contributed by atoms with E-state index in [4.69, 9.17) is 11.6 Å². The SMILES string of the molecule is CCCCCCCCC(NCC)c1cc(Cl)c(Br)s1. The summed E-state index contributed by atoms with van der Waals surface area (Å²) in [4.78, 5) is 1.35. The van der Waals surface area contributed by atoms with Gasteiger partial charge in [-0.05, 0) is 35.0 Å². The summed E-state index contributed by atoms with van der Waals surface area (Å²) < 4.78 is 1.05. The summed E-state index contributed by atoms with van der Waals surface area (Å²) in [6.07, 6.45) is 9.33. The van der Waals surface area contributed by atoms with Crippen LogP contribution in [0.5, 0.6) is 0 Å². The topological polar surface area (TPSA) is 12.0 Å². The van der Waals surface area contributed by atoms with Gasteiger partial charge in [-0.1, -0.05) is 64.0 Å². The van der Waals surface area contributed by atoms with E-state index < -0.39 is 0 Å². The minimum absolute atomic E-state index is 0.463. The first-order chi connectivity index (χ1) is 9.19. The number of halogens is 2. The maximum absolute atomic E-state index is 6.13. The van der Waals surface area contributed by atoms with Crippen LogP contribution in [0.2, 0.25) is 5.02 Å². The predicted octanol–water partition coefficient (Wildman–Crippen LogP) is 6.57. The molecule has 1 aromatic rings. The lowest BCUT2D eigenvalue weighted by molar-refractivity contribution is 0.482. The molecule has 0 spiro atoms. The van der Waals surface area contributed by atoms with E-state index in [0.717, 1.165) is 15.4 Å². The fraction of sp³-hybridized carbons (Fsp3) is 0.733. The first-order valence-electron chi connectivity index (χ1n) is 7.37. The fourth-order valence-electron chi connectivity index (χ4n) is 2.26. The van der Waals surface area contributed by atoms with Crippen LogP contribution in [0.1, 0.15) is 69.7 Å². The molecule has 1 unspecified atom stereocenters. The summed E-state index contributed by atoms with van der Waals surface area (Å²) in [5.74, 6) is 0. The van der Waals surface area contributed by atoms with Crippen molar-refractivity contribution in [2.75, 3.05) is 6.54 Å². The fourth-order valence-corrected chi connectivity index (χ4v) is 4.11. The van der Waals surface area contributed by atoms with E-state index in [-0.39, 0.29) is 0 Å². The van der Waals surface area contributed by atoms with E-state index in [2.05, 4.69) is 41.2 Å². The second-order valence-electron chi connectivity index (χ2n) is 4.94. The van der Waals surface area contributed by atoms with Crippen molar-refractivity contribution >= 4 is 38.9 Å². The van der Waals surface area contributed by atoms with Crippen LogP contribution in [0, 0.1) is 0 Å². The molecule has 0 fully saturated rings. The van der Waals surface area contributed by atoms with E-state index in [1.165, 1.54) is 49.8 Å². The van der Waals surface area contributed by atoms with Gasteiger partial charge in [0.2, 0.25) is 0 Å². The van der Waals surface area contributed by atoms with Gasteiger partial charge < -0.3 is 5.32 Å². The number of unbranched alkanes of at least 4 members (excludes halogenated alkanes) is 5. The molecule has 1 aromatic heterocycles. The third-order valence-corrected chi connectivity index (χ3v) is 5.89. The van der Waals surface area contributed by atoms with E-state index in [1.807, 2.05) is 0 Å². The molecule has 4 heteroatoms. The van der Waals surface area contributed by atoms with Crippen LogP contribution in [0.15, 0.2) is 9.85 Å². The molecule has 0 saturated heterocycles. The number of nitrogens with one attached hydrogen (secondary N) is 1. The van der Waals surface area contributed by atoms with Crippen LogP contribution in [-0.2, 0) is 0 Å². The molecule has 19 heavy (non-hydrogen) atoms. The Morgan fingerprint density at radius 2 is 1.89 bits per heavy atom. The predicted molar refractivity (Wildman–Crippen MR) is 91.4 cm³/mol. The standard InChI is InChI=1S/C15H25BrClNS/c1-3-5-6-7-8-9-10-13(18-4-2)14-11-12(17)15(16)19-14/h11,13,18H,3-10H2,1-2H3. The quantitative estimate of drug-likeness (QED) is 0.462. The maximum Gasteiger partial charge on any atom is 0.0887 e. The molecule has 1 heterocycles. The first kappa shape index (κ1) is 17.5. The second kappa shape index (κ2) is 10.2. The molecule has 0 aliphatic carbocycles. The third kappa shape index (κ3) is 6.61. The van der Waals surface area contributed by atoms with Crippen LogP contribution in [-0.4, -0.2) is 6.54 Å². The largest absolute Gasteiger partial charge is 0.310 e. The normalized spacial score (nSPS) is 12.8. The highest BCUT2D eigenvalue weighted by Gasteiger charge is 2.14. The van der Waals surface area contributed by atoms with Gasteiger partial charge in [0.05, 0.1) is 8.81 Å². The Kier molecular flexibility index (Phi) is 9.38. The molecular formula is C15H25BrClNS. The number of hydrogen-bond acceptors (Lipinski definition) is 2. The van der Waals surface area contributed by atoms with Crippen LogP contribution in [0.3, 0.4) is 0 Å². The lowest BCUT2D eigenvalue weighted by Gasteiger charge is -2.16. The van der Waals surface area contributed by atoms with E-state index in [9.17, 15) is 0 Å². The first-order valence-corrected chi connectivity index (χ1v) is 9.35. The van der Waals surface area contributed by atoms with Gasteiger partial charge in [-0.2, -0.15) is 0 Å². The van der Waals surface area contributed by atoms with Crippen molar-refractivity contribution in [3.63, 3.8) is 0 Å². The summed E-state index contributed by atoms with van der Waals surface area (Å²) in [7, 11) is 0. The van der Waals surface area contributed by atoms with Crippen molar-refractivity contribution in [2.45, 2.75) is 64.8 Å². The van der Waals surface area contributed by atoms with Gasteiger partial charge in [-0.3, -0.25) is 0 Å².